The number of aromatic nitrogens is 2. The lowest BCUT2D eigenvalue weighted by atomic mass is 10.1. The molecule has 104 valence electrons. The van der Waals surface area contributed by atoms with Crippen molar-refractivity contribution >= 4 is 16.9 Å². The van der Waals surface area contributed by atoms with Crippen molar-refractivity contribution < 1.29 is 4.79 Å². The number of carbonyl (C=O) groups excluding carboxylic acids is 1. The Hall–Kier alpha value is -2.01. The van der Waals surface area contributed by atoms with Crippen LogP contribution in [0.2, 0.25) is 0 Å². The molecule has 1 unspecified atom stereocenters. The number of likely N-dealkylation sites (tertiary alicyclic amines) is 1. The van der Waals surface area contributed by atoms with Crippen molar-refractivity contribution in [1.29, 1.82) is 0 Å². The third-order valence-corrected chi connectivity index (χ3v) is 3.79. The first-order chi connectivity index (χ1) is 9.79. The van der Waals surface area contributed by atoms with Gasteiger partial charge in [0.05, 0.1) is 11.1 Å². The summed E-state index contributed by atoms with van der Waals surface area (Å²) in [5, 5.41) is 3.18. The number of rotatable bonds is 3. The summed E-state index contributed by atoms with van der Waals surface area (Å²) in [6.45, 7) is 2.59. The number of nitrogens with zero attached hydrogens (tertiary/aromatic N) is 3. The summed E-state index contributed by atoms with van der Waals surface area (Å²) in [6, 6.07) is 5.59. The lowest BCUT2D eigenvalue weighted by Crippen LogP contribution is -2.30. The van der Waals surface area contributed by atoms with Crippen LogP contribution in [0.4, 0.5) is 0 Å². The summed E-state index contributed by atoms with van der Waals surface area (Å²) in [7, 11) is 1.95. The number of para-hydroxylation sites is 1. The van der Waals surface area contributed by atoms with Gasteiger partial charge >= 0.3 is 0 Å². The molecule has 0 radical (unpaired) electrons. The molecule has 1 aromatic carbocycles. The van der Waals surface area contributed by atoms with Crippen LogP contribution >= 0.6 is 0 Å². The van der Waals surface area contributed by atoms with E-state index in [0.29, 0.717) is 17.0 Å². The van der Waals surface area contributed by atoms with Gasteiger partial charge < -0.3 is 10.2 Å². The van der Waals surface area contributed by atoms with Gasteiger partial charge in [0.1, 0.15) is 5.52 Å². The molecule has 1 atom stereocenters. The third kappa shape index (κ3) is 2.36. The van der Waals surface area contributed by atoms with E-state index < -0.39 is 0 Å². The Morgan fingerprint density at radius 2 is 2.25 bits per heavy atom. The molecule has 0 spiro atoms. The molecule has 1 amide bonds. The Morgan fingerprint density at radius 1 is 1.40 bits per heavy atom. The molecule has 1 N–H and O–H groups in total. The standard InChI is InChI=1S/C15H18N4O/c1-16-9-11-5-8-19(10-11)15(20)12-3-2-4-13-14(12)18-7-6-17-13/h2-4,6-7,11,16H,5,8-10H2,1H3. The number of fused-ring (bicyclic) bond motifs is 1. The van der Waals surface area contributed by atoms with Crippen molar-refractivity contribution in [3.05, 3.63) is 36.2 Å². The molecule has 0 saturated carbocycles. The molecule has 1 saturated heterocycles. The van der Waals surface area contributed by atoms with Crippen molar-refractivity contribution in [2.45, 2.75) is 6.42 Å². The molecule has 1 aliphatic rings. The zero-order valence-corrected chi connectivity index (χ0v) is 11.5. The molecule has 2 aromatic rings. The van der Waals surface area contributed by atoms with E-state index >= 15 is 0 Å². The minimum Gasteiger partial charge on any atom is -0.338 e. The van der Waals surface area contributed by atoms with Gasteiger partial charge in [-0.25, -0.2) is 0 Å². The fraction of sp³-hybridized carbons (Fsp3) is 0.400. The van der Waals surface area contributed by atoms with Gasteiger partial charge in [0.25, 0.3) is 5.91 Å². The van der Waals surface area contributed by atoms with Crippen molar-refractivity contribution in [3.8, 4) is 0 Å². The average Bonchev–Trinajstić information content (AvgIpc) is 2.95. The van der Waals surface area contributed by atoms with Gasteiger partial charge in [-0.05, 0) is 38.1 Å². The zero-order chi connectivity index (χ0) is 13.9. The number of benzene rings is 1. The van der Waals surface area contributed by atoms with Gasteiger partial charge in [0, 0.05) is 25.5 Å². The summed E-state index contributed by atoms with van der Waals surface area (Å²) in [6.07, 6.45) is 4.34. The van der Waals surface area contributed by atoms with Gasteiger partial charge in [-0.2, -0.15) is 0 Å². The summed E-state index contributed by atoms with van der Waals surface area (Å²) < 4.78 is 0. The number of nitrogens with one attached hydrogen (secondary N) is 1. The van der Waals surface area contributed by atoms with Crippen LogP contribution in [0.1, 0.15) is 16.8 Å². The molecular formula is C15H18N4O. The maximum absolute atomic E-state index is 12.6. The Labute approximate surface area is 118 Å². The smallest absolute Gasteiger partial charge is 0.256 e. The normalized spacial score (nSPS) is 18.6. The molecule has 1 fully saturated rings. The molecule has 1 aromatic heterocycles. The zero-order valence-electron chi connectivity index (χ0n) is 11.5. The Kier molecular flexibility index (Phi) is 3.60. The Balaban J connectivity index is 1.86. The fourth-order valence-corrected chi connectivity index (χ4v) is 2.81. The highest BCUT2D eigenvalue weighted by atomic mass is 16.2. The largest absolute Gasteiger partial charge is 0.338 e. The Morgan fingerprint density at radius 3 is 3.10 bits per heavy atom. The molecule has 2 heterocycles. The molecule has 0 bridgehead atoms. The van der Waals surface area contributed by atoms with Gasteiger partial charge in [0.2, 0.25) is 0 Å². The van der Waals surface area contributed by atoms with Crippen LogP contribution in [0.15, 0.2) is 30.6 Å². The topological polar surface area (TPSA) is 58.1 Å². The monoisotopic (exact) mass is 270 g/mol. The highest BCUT2D eigenvalue weighted by Gasteiger charge is 2.27. The van der Waals surface area contributed by atoms with Crippen LogP contribution in [-0.4, -0.2) is 47.5 Å². The van der Waals surface area contributed by atoms with Gasteiger partial charge in [-0.3, -0.25) is 14.8 Å². The minimum absolute atomic E-state index is 0.0645. The SMILES string of the molecule is CNCC1CCN(C(=O)c2cccc3nccnc23)C1. The van der Waals surface area contributed by atoms with E-state index in [9.17, 15) is 4.79 Å². The van der Waals surface area contributed by atoms with Crippen LogP contribution in [0.25, 0.3) is 11.0 Å². The first-order valence-corrected chi connectivity index (χ1v) is 6.93. The molecule has 5 nitrogen and oxygen atoms in total. The number of hydrogen-bond donors (Lipinski definition) is 1. The predicted molar refractivity (Wildman–Crippen MR) is 77.5 cm³/mol. The van der Waals surface area contributed by atoms with Crippen molar-refractivity contribution in [2.75, 3.05) is 26.7 Å². The molecule has 20 heavy (non-hydrogen) atoms. The maximum atomic E-state index is 12.6. The van der Waals surface area contributed by atoms with Crippen LogP contribution < -0.4 is 5.32 Å². The quantitative estimate of drug-likeness (QED) is 0.913. The second-order valence-electron chi connectivity index (χ2n) is 5.19. The van der Waals surface area contributed by atoms with Crippen molar-refractivity contribution in [2.24, 2.45) is 5.92 Å². The van der Waals surface area contributed by atoms with E-state index in [1.165, 1.54) is 0 Å². The summed E-state index contributed by atoms with van der Waals surface area (Å²) in [4.78, 5) is 23.1. The molecular weight excluding hydrogens is 252 g/mol. The average molecular weight is 270 g/mol. The summed E-state index contributed by atoms with van der Waals surface area (Å²) in [5.74, 6) is 0.611. The minimum atomic E-state index is 0.0645. The van der Waals surface area contributed by atoms with E-state index in [1.807, 2.05) is 30.1 Å². The van der Waals surface area contributed by atoms with Gasteiger partial charge in [-0.15, -0.1) is 0 Å². The Bertz CT molecular complexity index is 623. The maximum Gasteiger partial charge on any atom is 0.256 e. The van der Waals surface area contributed by atoms with E-state index in [2.05, 4.69) is 15.3 Å². The lowest BCUT2D eigenvalue weighted by molar-refractivity contribution is 0.0789. The lowest BCUT2D eigenvalue weighted by Gasteiger charge is -2.17. The van der Waals surface area contributed by atoms with Gasteiger partial charge in [0.15, 0.2) is 0 Å². The molecule has 3 rings (SSSR count). The van der Waals surface area contributed by atoms with Crippen LogP contribution in [0.5, 0.6) is 0 Å². The predicted octanol–water partition coefficient (Wildman–Crippen LogP) is 1.31. The molecule has 5 heteroatoms. The van der Waals surface area contributed by atoms with Crippen LogP contribution in [0, 0.1) is 5.92 Å². The highest BCUT2D eigenvalue weighted by molar-refractivity contribution is 6.04. The van der Waals surface area contributed by atoms with Crippen LogP contribution in [0.3, 0.4) is 0 Å². The fourth-order valence-electron chi connectivity index (χ4n) is 2.81. The number of hydrogen-bond acceptors (Lipinski definition) is 4. The summed E-state index contributed by atoms with van der Waals surface area (Å²) >= 11 is 0. The van der Waals surface area contributed by atoms with E-state index in [0.717, 1.165) is 31.6 Å². The number of carbonyl (C=O) groups is 1. The molecule has 0 aliphatic carbocycles. The second-order valence-corrected chi connectivity index (χ2v) is 5.19. The van der Waals surface area contributed by atoms with Gasteiger partial charge in [-0.1, -0.05) is 6.07 Å². The van der Waals surface area contributed by atoms with Crippen LogP contribution in [-0.2, 0) is 0 Å². The highest BCUT2D eigenvalue weighted by Crippen LogP contribution is 2.21. The first-order valence-electron chi connectivity index (χ1n) is 6.93. The van der Waals surface area contributed by atoms with Crippen molar-refractivity contribution in [1.82, 2.24) is 20.2 Å². The number of amides is 1. The second kappa shape index (κ2) is 5.54. The van der Waals surface area contributed by atoms with Crippen molar-refractivity contribution in [3.63, 3.8) is 0 Å². The third-order valence-electron chi connectivity index (χ3n) is 3.79. The van der Waals surface area contributed by atoms with E-state index in [-0.39, 0.29) is 5.91 Å². The molecule has 1 aliphatic heterocycles. The van der Waals surface area contributed by atoms with E-state index in [4.69, 9.17) is 0 Å². The first kappa shape index (κ1) is 13.0. The van der Waals surface area contributed by atoms with E-state index in [1.54, 1.807) is 12.4 Å². The summed E-state index contributed by atoms with van der Waals surface area (Å²) in [5.41, 5.74) is 2.11.